The van der Waals surface area contributed by atoms with Crippen molar-refractivity contribution in [2.24, 2.45) is 0 Å². The molecule has 8 heteroatoms. The van der Waals surface area contributed by atoms with Crippen molar-refractivity contribution in [2.45, 2.75) is 0 Å². The highest BCUT2D eigenvalue weighted by molar-refractivity contribution is 5.96. The lowest BCUT2D eigenvalue weighted by molar-refractivity contribution is 0.466. The van der Waals surface area contributed by atoms with Gasteiger partial charge in [0, 0.05) is 33.4 Å². The maximum absolute atomic E-state index is 12.3. The van der Waals surface area contributed by atoms with Crippen molar-refractivity contribution in [1.82, 2.24) is 0 Å². The molecule has 0 unspecified atom stereocenters. The van der Waals surface area contributed by atoms with Gasteiger partial charge >= 0.3 is 0 Å². The monoisotopic (exact) mass is 738 g/mol. The number of benzene rings is 8. The third-order valence-electron chi connectivity index (χ3n) is 9.89. The predicted molar refractivity (Wildman–Crippen MR) is 218 cm³/mol. The number of phenols is 8. The molecular formula is C48H34O8. The fraction of sp³-hybridized carbons (Fsp3) is 0. The minimum Gasteiger partial charge on any atom is -0.508 e. The van der Waals surface area contributed by atoms with Crippen LogP contribution in [0, 0.1) is 0 Å². The van der Waals surface area contributed by atoms with Gasteiger partial charge in [0.25, 0.3) is 0 Å². The SMILES string of the molecule is Oc1ccc(-c2ccc(O)c(-c3cc(-c4ccc(O)cc4)cc(-c4cc(-c5ccc(O)cc5)cc(-c5cc(-c6ccc(O)cc6)ccc5O)c4O)c3O)c2)cc1. The van der Waals surface area contributed by atoms with E-state index in [4.69, 9.17) is 0 Å². The molecule has 0 saturated heterocycles. The number of aromatic hydroxyl groups is 8. The minimum absolute atomic E-state index is 0.0606. The van der Waals surface area contributed by atoms with Crippen LogP contribution in [0.25, 0.3) is 77.9 Å². The van der Waals surface area contributed by atoms with E-state index in [1.165, 1.54) is 36.4 Å². The minimum atomic E-state index is -0.253. The molecule has 8 N–H and O–H groups in total. The van der Waals surface area contributed by atoms with E-state index in [9.17, 15) is 40.9 Å². The van der Waals surface area contributed by atoms with Gasteiger partial charge in [-0.2, -0.15) is 0 Å². The third kappa shape index (κ3) is 6.74. The van der Waals surface area contributed by atoms with Gasteiger partial charge in [0.15, 0.2) is 0 Å². The van der Waals surface area contributed by atoms with Crippen LogP contribution in [0.15, 0.2) is 158 Å². The summed E-state index contributed by atoms with van der Waals surface area (Å²) in [4.78, 5) is 0. The lowest BCUT2D eigenvalue weighted by Crippen LogP contribution is -1.93. The van der Waals surface area contributed by atoms with Crippen molar-refractivity contribution in [3.63, 3.8) is 0 Å². The van der Waals surface area contributed by atoms with Gasteiger partial charge in [-0.15, -0.1) is 0 Å². The highest BCUT2D eigenvalue weighted by Crippen LogP contribution is 2.51. The quantitative estimate of drug-likeness (QED) is 0.0801. The zero-order chi connectivity index (χ0) is 39.1. The van der Waals surface area contributed by atoms with E-state index in [0.717, 1.165) is 11.1 Å². The van der Waals surface area contributed by atoms with Crippen LogP contribution in [0.1, 0.15) is 0 Å². The van der Waals surface area contributed by atoms with E-state index in [1.54, 1.807) is 121 Å². The summed E-state index contributed by atoms with van der Waals surface area (Å²) >= 11 is 0. The van der Waals surface area contributed by atoms with E-state index in [1.807, 2.05) is 0 Å². The summed E-state index contributed by atoms with van der Waals surface area (Å²) < 4.78 is 0. The van der Waals surface area contributed by atoms with Crippen LogP contribution in [0.2, 0.25) is 0 Å². The van der Waals surface area contributed by atoms with E-state index in [2.05, 4.69) is 0 Å². The molecule has 8 nitrogen and oxygen atoms in total. The molecule has 0 aromatic heterocycles. The molecule has 0 aliphatic rings. The Morgan fingerprint density at radius 2 is 0.411 bits per heavy atom. The van der Waals surface area contributed by atoms with Crippen LogP contribution in [-0.2, 0) is 0 Å². The molecule has 0 saturated carbocycles. The Labute approximate surface area is 321 Å². The Bertz CT molecular complexity index is 2550. The Kier molecular flexibility index (Phi) is 8.92. The van der Waals surface area contributed by atoms with E-state index < -0.39 is 0 Å². The van der Waals surface area contributed by atoms with Crippen LogP contribution in [0.4, 0.5) is 0 Å². The first-order valence-electron chi connectivity index (χ1n) is 17.6. The molecule has 0 heterocycles. The van der Waals surface area contributed by atoms with Gasteiger partial charge < -0.3 is 40.9 Å². The molecule has 0 spiro atoms. The van der Waals surface area contributed by atoms with Crippen molar-refractivity contribution in [2.75, 3.05) is 0 Å². The number of hydrogen-bond donors (Lipinski definition) is 8. The maximum Gasteiger partial charge on any atom is 0.131 e. The van der Waals surface area contributed by atoms with Crippen LogP contribution < -0.4 is 0 Å². The summed E-state index contributed by atoms with van der Waals surface area (Å²) in [5.74, 6) is -0.410. The highest BCUT2D eigenvalue weighted by Gasteiger charge is 2.23. The fourth-order valence-corrected chi connectivity index (χ4v) is 6.90. The molecule has 274 valence electrons. The largest absolute Gasteiger partial charge is 0.508 e. The topological polar surface area (TPSA) is 162 Å². The van der Waals surface area contributed by atoms with Crippen LogP contribution >= 0.6 is 0 Å². The second-order valence-electron chi connectivity index (χ2n) is 13.5. The van der Waals surface area contributed by atoms with Gasteiger partial charge in [-0.05, 0) is 142 Å². The van der Waals surface area contributed by atoms with E-state index in [-0.39, 0.29) is 68.2 Å². The lowest BCUT2D eigenvalue weighted by atomic mass is 9.87. The summed E-state index contributed by atoms with van der Waals surface area (Å²) in [6.07, 6.45) is 0. The normalized spacial score (nSPS) is 11.1. The van der Waals surface area contributed by atoms with Gasteiger partial charge in [0.2, 0.25) is 0 Å². The van der Waals surface area contributed by atoms with E-state index in [0.29, 0.717) is 44.5 Å². The molecule has 0 bridgehead atoms. The smallest absolute Gasteiger partial charge is 0.131 e. The fourth-order valence-electron chi connectivity index (χ4n) is 6.90. The number of hydrogen-bond acceptors (Lipinski definition) is 8. The average molecular weight is 739 g/mol. The zero-order valence-electron chi connectivity index (χ0n) is 29.6. The molecule has 8 rings (SSSR count). The second kappa shape index (κ2) is 14.2. The first kappa shape index (κ1) is 35.2. The molecule has 8 aromatic rings. The molecule has 0 fully saturated rings. The molecule has 0 atom stereocenters. The Morgan fingerprint density at radius 3 is 0.696 bits per heavy atom. The van der Waals surface area contributed by atoms with Gasteiger partial charge in [-0.3, -0.25) is 0 Å². The van der Waals surface area contributed by atoms with Crippen LogP contribution in [0.3, 0.4) is 0 Å². The summed E-state index contributed by atoms with van der Waals surface area (Å²) in [6.45, 7) is 0. The second-order valence-corrected chi connectivity index (χ2v) is 13.5. The van der Waals surface area contributed by atoms with Gasteiger partial charge in [-0.1, -0.05) is 60.7 Å². The summed E-state index contributed by atoms with van der Waals surface area (Å²) in [6, 6.07) is 43.0. The van der Waals surface area contributed by atoms with Crippen molar-refractivity contribution >= 4 is 0 Å². The van der Waals surface area contributed by atoms with Crippen molar-refractivity contribution in [3.05, 3.63) is 158 Å². The van der Waals surface area contributed by atoms with E-state index >= 15 is 0 Å². The third-order valence-corrected chi connectivity index (χ3v) is 9.89. The molecule has 8 aromatic carbocycles. The zero-order valence-corrected chi connectivity index (χ0v) is 29.6. The number of rotatable bonds is 7. The van der Waals surface area contributed by atoms with Gasteiger partial charge in [-0.25, -0.2) is 0 Å². The first-order chi connectivity index (χ1) is 27.0. The van der Waals surface area contributed by atoms with Gasteiger partial charge in [0.05, 0.1) is 0 Å². The molecule has 0 radical (unpaired) electrons. The maximum atomic E-state index is 12.3. The molecule has 0 amide bonds. The van der Waals surface area contributed by atoms with Crippen molar-refractivity contribution in [1.29, 1.82) is 0 Å². The number of phenolic OH excluding ortho intramolecular Hbond substituents is 8. The van der Waals surface area contributed by atoms with Crippen molar-refractivity contribution in [3.8, 4) is 124 Å². The van der Waals surface area contributed by atoms with Gasteiger partial charge in [0.1, 0.15) is 46.0 Å². The molecule has 56 heavy (non-hydrogen) atoms. The Hall–Kier alpha value is -7.84. The van der Waals surface area contributed by atoms with Crippen LogP contribution in [-0.4, -0.2) is 40.9 Å². The Morgan fingerprint density at radius 1 is 0.196 bits per heavy atom. The summed E-state index contributed by atoms with van der Waals surface area (Å²) in [5.41, 5.74) is 6.96. The molecule has 0 aliphatic heterocycles. The molecular weight excluding hydrogens is 705 g/mol. The summed E-state index contributed by atoms with van der Waals surface area (Å²) in [7, 11) is 0. The first-order valence-corrected chi connectivity index (χ1v) is 17.6. The molecule has 0 aliphatic carbocycles. The highest BCUT2D eigenvalue weighted by atomic mass is 16.3. The van der Waals surface area contributed by atoms with Crippen molar-refractivity contribution < 1.29 is 40.9 Å². The standard InChI is InChI=1S/C48H34O8/c49-35-11-1-27(2-12-35)31-9-19-45(53)39(21-31)41-23-33(29-5-15-37(51)16-6-29)25-43(47(41)55)44-26-34(30-7-17-38(52)18-8-30)24-42(48(44)56)40-22-32(10-20-46(40)54)28-3-13-36(50)14-4-28/h1-26,49-56H. The summed E-state index contributed by atoms with van der Waals surface area (Å²) in [5, 5.41) is 87.1. The average Bonchev–Trinajstić information content (AvgIpc) is 3.20. The predicted octanol–water partition coefficient (Wildman–Crippen LogP) is 11.0. The Balaban J connectivity index is 1.40. The van der Waals surface area contributed by atoms with Crippen LogP contribution in [0.5, 0.6) is 46.0 Å². The lowest BCUT2D eigenvalue weighted by Gasteiger charge is -2.19.